The lowest BCUT2D eigenvalue weighted by Gasteiger charge is -2.22. The van der Waals surface area contributed by atoms with E-state index in [0.717, 1.165) is 32.5 Å². The minimum atomic E-state index is -0.469. The van der Waals surface area contributed by atoms with Crippen LogP contribution in [0.25, 0.3) is 0 Å². The van der Waals surface area contributed by atoms with Crippen molar-refractivity contribution in [3.05, 3.63) is 18.2 Å². The number of nitrogens with one attached hydrogen (secondary N) is 1. The molecule has 0 radical (unpaired) electrons. The third-order valence-corrected chi connectivity index (χ3v) is 4.06. The molecule has 0 bridgehead atoms. The summed E-state index contributed by atoms with van der Waals surface area (Å²) in [6.07, 6.45) is 1.49. The van der Waals surface area contributed by atoms with Gasteiger partial charge < -0.3 is 30.2 Å². The highest BCUT2D eigenvalue weighted by molar-refractivity contribution is 5.68. The fourth-order valence-electron chi connectivity index (χ4n) is 2.90. The Balaban J connectivity index is 1.66. The molecule has 146 valence electrons. The average Bonchev–Trinajstić information content (AvgIpc) is 2.97. The number of hydrogen-bond acceptors (Lipinski definition) is 6. The van der Waals surface area contributed by atoms with Crippen molar-refractivity contribution in [1.29, 1.82) is 0 Å². The molecule has 0 aromatic heterocycles. The van der Waals surface area contributed by atoms with E-state index in [9.17, 15) is 4.79 Å². The highest BCUT2D eigenvalue weighted by Gasteiger charge is 2.25. The molecule has 0 aliphatic carbocycles. The third-order valence-electron chi connectivity index (χ3n) is 4.06. The third kappa shape index (κ3) is 6.63. The number of benzene rings is 1. The van der Waals surface area contributed by atoms with Crippen LogP contribution in [0.5, 0.6) is 11.5 Å². The van der Waals surface area contributed by atoms with Gasteiger partial charge in [-0.05, 0) is 45.7 Å². The van der Waals surface area contributed by atoms with Crippen molar-refractivity contribution >= 4 is 11.8 Å². The van der Waals surface area contributed by atoms with E-state index in [2.05, 4.69) is 10.2 Å². The van der Waals surface area contributed by atoms with E-state index in [1.54, 1.807) is 19.2 Å². The molecule has 0 saturated carbocycles. The van der Waals surface area contributed by atoms with Crippen molar-refractivity contribution in [2.24, 2.45) is 0 Å². The van der Waals surface area contributed by atoms with E-state index in [1.807, 2.05) is 26.8 Å². The molecule has 0 spiro atoms. The molecule has 26 heavy (non-hydrogen) atoms. The summed E-state index contributed by atoms with van der Waals surface area (Å²) in [6, 6.07) is 5.52. The van der Waals surface area contributed by atoms with E-state index in [0.29, 0.717) is 23.8 Å². The second-order valence-electron chi connectivity index (χ2n) is 7.54. The van der Waals surface area contributed by atoms with Gasteiger partial charge in [0.15, 0.2) is 11.5 Å². The molecule has 1 amide bonds. The van der Waals surface area contributed by atoms with Crippen LogP contribution < -0.4 is 20.5 Å². The molecule has 1 atom stereocenters. The Hall–Kier alpha value is -2.15. The number of alkyl carbamates (subject to hydrolysis) is 1. The number of nitrogens with zero attached hydrogens (tertiary/aromatic N) is 1. The van der Waals surface area contributed by atoms with Crippen LogP contribution in [0.4, 0.5) is 10.5 Å². The Morgan fingerprint density at radius 1 is 1.35 bits per heavy atom. The lowest BCUT2D eigenvalue weighted by atomic mass is 10.2. The molecule has 1 aliphatic rings. The van der Waals surface area contributed by atoms with E-state index in [1.165, 1.54) is 0 Å². The first kappa shape index (κ1) is 20.2. The molecule has 7 nitrogen and oxygen atoms in total. The van der Waals surface area contributed by atoms with Crippen molar-refractivity contribution in [2.75, 3.05) is 39.1 Å². The fraction of sp³-hybridized carbons (Fsp3) is 0.632. The molecule has 1 unspecified atom stereocenters. The van der Waals surface area contributed by atoms with Crippen molar-refractivity contribution in [1.82, 2.24) is 10.2 Å². The van der Waals surface area contributed by atoms with E-state index < -0.39 is 5.60 Å². The number of carbonyl (C=O) groups excluding carboxylic acids is 1. The lowest BCUT2D eigenvalue weighted by Crippen LogP contribution is -2.40. The average molecular weight is 365 g/mol. The molecular weight excluding hydrogens is 334 g/mol. The zero-order valence-corrected chi connectivity index (χ0v) is 16.2. The topological polar surface area (TPSA) is 86.1 Å². The van der Waals surface area contributed by atoms with Crippen LogP contribution in [0.15, 0.2) is 18.2 Å². The molecule has 1 heterocycles. The maximum atomic E-state index is 11.8. The zero-order valence-electron chi connectivity index (χ0n) is 16.2. The number of hydrogen-bond donors (Lipinski definition) is 2. The standard InChI is InChI=1S/C19H31N3O4/c1-19(2,3)26-18(23)21-15-8-10-22(13-15)9-5-11-25-16-7-6-14(20)12-17(16)24-4/h6-7,12,15H,5,8-11,13,20H2,1-4H3,(H,21,23). The first-order valence-corrected chi connectivity index (χ1v) is 9.05. The van der Waals surface area contributed by atoms with Gasteiger partial charge in [0.05, 0.1) is 13.7 Å². The summed E-state index contributed by atoms with van der Waals surface area (Å²) >= 11 is 0. The highest BCUT2D eigenvalue weighted by atomic mass is 16.6. The van der Waals surface area contributed by atoms with Crippen LogP contribution in [-0.4, -0.2) is 56.0 Å². The largest absolute Gasteiger partial charge is 0.493 e. The Morgan fingerprint density at radius 3 is 2.81 bits per heavy atom. The predicted molar refractivity (Wildman–Crippen MR) is 102 cm³/mol. The van der Waals surface area contributed by atoms with Crippen LogP contribution in [0, 0.1) is 0 Å². The van der Waals surface area contributed by atoms with Gasteiger partial charge in [-0.2, -0.15) is 0 Å². The number of nitrogens with two attached hydrogens (primary N) is 1. The van der Waals surface area contributed by atoms with Crippen molar-refractivity contribution in [3.8, 4) is 11.5 Å². The van der Waals surface area contributed by atoms with Crippen LogP contribution in [0.1, 0.15) is 33.6 Å². The second-order valence-corrected chi connectivity index (χ2v) is 7.54. The lowest BCUT2D eigenvalue weighted by molar-refractivity contribution is 0.0505. The van der Waals surface area contributed by atoms with Gasteiger partial charge in [0.1, 0.15) is 5.60 Å². The van der Waals surface area contributed by atoms with Gasteiger partial charge in [0, 0.05) is 37.4 Å². The molecule has 1 saturated heterocycles. The van der Waals surface area contributed by atoms with Gasteiger partial charge in [0.2, 0.25) is 0 Å². The number of nitrogen functional groups attached to an aromatic ring is 1. The molecule has 1 aliphatic heterocycles. The second kappa shape index (κ2) is 8.98. The number of carbonyl (C=O) groups is 1. The highest BCUT2D eigenvalue weighted by Crippen LogP contribution is 2.29. The van der Waals surface area contributed by atoms with Crippen molar-refractivity contribution in [3.63, 3.8) is 0 Å². The molecular formula is C19H31N3O4. The molecule has 7 heteroatoms. The summed E-state index contributed by atoms with van der Waals surface area (Å²) in [5.74, 6) is 1.35. The van der Waals surface area contributed by atoms with Crippen molar-refractivity contribution < 1.29 is 19.0 Å². The van der Waals surface area contributed by atoms with E-state index >= 15 is 0 Å². The number of methoxy groups -OCH3 is 1. The maximum Gasteiger partial charge on any atom is 0.407 e. The number of anilines is 1. The molecule has 1 aromatic rings. The summed E-state index contributed by atoms with van der Waals surface area (Å²) in [6.45, 7) is 8.91. The van der Waals surface area contributed by atoms with Gasteiger partial charge in [-0.3, -0.25) is 0 Å². The van der Waals surface area contributed by atoms with Crippen LogP contribution in [0.3, 0.4) is 0 Å². The summed E-state index contributed by atoms with van der Waals surface area (Å²) in [4.78, 5) is 14.2. The van der Waals surface area contributed by atoms with E-state index in [4.69, 9.17) is 19.9 Å². The Morgan fingerprint density at radius 2 is 2.12 bits per heavy atom. The van der Waals surface area contributed by atoms with Gasteiger partial charge in [-0.15, -0.1) is 0 Å². The van der Waals surface area contributed by atoms with E-state index in [-0.39, 0.29) is 12.1 Å². The van der Waals surface area contributed by atoms with Gasteiger partial charge >= 0.3 is 6.09 Å². The molecule has 1 aromatic carbocycles. The van der Waals surface area contributed by atoms with Crippen LogP contribution in [-0.2, 0) is 4.74 Å². The van der Waals surface area contributed by atoms with Crippen LogP contribution >= 0.6 is 0 Å². The first-order valence-electron chi connectivity index (χ1n) is 9.05. The quantitative estimate of drug-likeness (QED) is 0.571. The summed E-state index contributed by atoms with van der Waals surface area (Å²) in [7, 11) is 1.60. The Kier molecular flexibility index (Phi) is 6.97. The number of amides is 1. The van der Waals surface area contributed by atoms with Crippen molar-refractivity contribution in [2.45, 2.75) is 45.3 Å². The van der Waals surface area contributed by atoms with Gasteiger partial charge in [0.25, 0.3) is 0 Å². The molecule has 2 rings (SSSR count). The molecule has 1 fully saturated rings. The maximum absolute atomic E-state index is 11.8. The first-order chi connectivity index (χ1) is 12.3. The normalized spacial score (nSPS) is 17.8. The minimum absolute atomic E-state index is 0.142. The SMILES string of the molecule is COc1cc(N)ccc1OCCCN1CCC(NC(=O)OC(C)(C)C)C1. The monoisotopic (exact) mass is 365 g/mol. The van der Waals surface area contributed by atoms with Gasteiger partial charge in [-0.1, -0.05) is 0 Å². The van der Waals surface area contributed by atoms with Gasteiger partial charge in [-0.25, -0.2) is 4.79 Å². The molecule has 3 N–H and O–H groups in total. The van der Waals surface area contributed by atoms with Crippen LogP contribution in [0.2, 0.25) is 0 Å². The summed E-state index contributed by atoms with van der Waals surface area (Å²) in [5.41, 5.74) is 5.92. The summed E-state index contributed by atoms with van der Waals surface area (Å²) in [5, 5.41) is 2.94. The smallest absolute Gasteiger partial charge is 0.407 e. The fourth-order valence-corrected chi connectivity index (χ4v) is 2.90. The minimum Gasteiger partial charge on any atom is -0.493 e. The summed E-state index contributed by atoms with van der Waals surface area (Å²) < 4.78 is 16.4. The predicted octanol–water partition coefficient (Wildman–Crippen LogP) is 2.65. The zero-order chi connectivity index (χ0) is 19.2. The number of rotatable bonds is 7. The Labute approximate surface area is 155 Å². The number of ether oxygens (including phenoxy) is 3. The Bertz CT molecular complexity index is 601. The number of likely N-dealkylation sites (tertiary alicyclic amines) is 1.